The molecule has 4 nitrogen and oxygen atoms in total. The Hall–Kier alpha value is -1.29. The maximum atomic E-state index is 9.47. The molecule has 0 unspecified atom stereocenters. The van der Waals surface area contributed by atoms with E-state index in [9.17, 15) is 5.11 Å². The number of aliphatic hydroxyl groups is 1. The van der Waals surface area contributed by atoms with Crippen LogP contribution in [0.25, 0.3) is 0 Å². The number of aliphatic hydroxyl groups excluding tert-OH is 1. The van der Waals surface area contributed by atoms with Crippen molar-refractivity contribution in [3.05, 3.63) is 18.5 Å². The maximum absolute atomic E-state index is 9.47. The van der Waals surface area contributed by atoms with Crippen LogP contribution in [0.2, 0.25) is 0 Å². The molecule has 1 aliphatic carbocycles. The average molecular weight is 221 g/mol. The molecule has 2 rings (SSSR count). The summed E-state index contributed by atoms with van der Waals surface area (Å²) in [4.78, 5) is 4.03. The molecule has 1 saturated carbocycles. The van der Waals surface area contributed by atoms with E-state index < -0.39 is 0 Å². The standard InChI is InChI=1S/C12H19N3O/c13-10-5-11(7-14-6-10)15-8-12(9-16)3-1-2-4-12/h5-7,15-16H,1-4,8-9,13H2. The van der Waals surface area contributed by atoms with Gasteiger partial charge in [-0.2, -0.15) is 0 Å². The van der Waals surface area contributed by atoms with Gasteiger partial charge in [-0.1, -0.05) is 12.8 Å². The molecule has 4 heteroatoms. The minimum atomic E-state index is 0.0601. The predicted octanol–water partition coefficient (Wildman–Crippen LogP) is 1.63. The van der Waals surface area contributed by atoms with Crippen molar-refractivity contribution in [3.63, 3.8) is 0 Å². The summed E-state index contributed by atoms with van der Waals surface area (Å²) in [6.07, 6.45) is 8.03. The molecule has 88 valence electrons. The number of pyridine rings is 1. The molecule has 1 fully saturated rings. The van der Waals surface area contributed by atoms with Crippen LogP contribution in [0.1, 0.15) is 25.7 Å². The Kier molecular flexibility index (Phi) is 3.29. The summed E-state index contributed by atoms with van der Waals surface area (Å²) in [6.45, 7) is 1.06. The maximum Gasteiger partial charge on any atom is 0.0547 e. The van der Waals surface area contributed by atoms with E-state index >= 15 is 0 Å². The molecule has 0 bridgehead atoms. The Bertz CT molecular complexity index is 348. The Morgan fingerprint density at radius 1 is 1.38 bits per heavy atom. The van der Waals surface area contributed by atoms with E-state index in [2.05, 4.69) is 10.3 Å². The van der Waals surface area contributed by atoms with Crippen molar-refractivity contribution in [2.75, 3.05) is 24.2 Å². The van der Waals surface area contributed by atoms with Gasteiger partial charge in [-0.05, 0) is 18.9 Å². The third-order valence-electron chi connectivity index (χ3n) is 3.43. The molecule has 1 aromatic rings. The van der Waals surface area contributed by atoms with E-state index in [4.69, 9.17) is 5.73 Å². The van der Waals surface area contributed by atoms with Gasteiger partial charge < -0.3 is 16.2 Å². The second-order valence-corrected chi connectivity index (χ2v) is 4.73. The number of aromatic nitrogens is 1. The van der Waals surface area contributed by atoms with E-state index in [0.717, 1.165) is 25.1 Å². The monoisotopic (exact) mass is 221 g/mol. The van der Waals surface area contributed by atoms with E-state index in [1.54, 1.807) is 12.4 Å². The van der Waals surface area contributed by atoms with E-state index in [-0.39, 0.29) is 12.0 Å². The molecule has 1 heterocycles. The summed E-state index contributed by atoms with van der Waals surface area (Å²) in [5.74, 6) is 0. The molecule has 0 radical (unpaired) electrons. The number of nitrogens with zero attached hydrogens (tertiary/aromatic N) is 1. The Morgan fingerprint density at radius 2 is 2.12 bits per heavy atom. The number of nitrogens with one attached hydrogen (secondary N) is 1. The van der Waals surface area contributed by atoms with Gasteiger partial charge in [-0.3, -0.25) is 4.98 Å². The second kappa shape index (κ2) is 4.70. The highest BCUT2D eigenvalue weighted by molar-refractivity contribution is 5.51. The second-order valence-electron chi connectivity index (χ2n) is 4.73. The van der Waals surface area contributed by atoms with Gasteiger partial charge >= 0.3 is 0 Å². The van der Waals surface area contributed by atoms with Crippen molar-refractivity contribution in [1.82, 2.24) is 4.98 Å². The van der Waals surface area contributed by atoms with Gasteiger partial charge in [0.15, 0.2) is 0 Å². The van der Waals surface area contributed by atoms with Crippen LogP contribution in [-0.4, -0.2) is 23.2 Å². The minimum absolute atomic E-state index is 0.0601. The molecular weight excluding hydrogens is 202 g/mol. The lowest BCUT2D eigenvalue weighted by atomic mass is 9.87. The molecule has 4 N–H and O–H groups in total. The van der Waals surface area contributed by atoms with Crippen LogP contribution in [-0.2, 0) is 0 Å². The first-order valence-corrected chi connectivity index (χ1v) is 5.79. The van der Waals surface area contributed by atoms with E-state index in [1.165, 1.54) is 12.8 Å². The van der Waals surface area contributed by atoms with Crippen LogP contribution in [0.5, 0.6) is 0 Å². The molecule has 1 aliphatic rings. The van der Waals surface area contributed by atoms with Gasteiger partial charge in [-0.15, -0.1) is 0 Å². The summed E-state index contributed by atoms with van der Waals surface area (Å²) in [5.41, 5.74) is 7.31. The first-order chi connectivity index (χ1) is 7.74. The molecule has 16 heavy (non-hydrogen) atoms. The number of nitrogens with two attached hydrogens (primary N) is 1. The summed E-state index contributed by atoms with van der Waals surface area (Å²) in [7, 11) is 0. The Labute approximate surface area is 95.9 Å². The first kappa shape index (κ1) is 11.2. The smallest absolute Gasteiger partial charge is 0.0547 e. The molecule has 0 atom stereocenters. The third-order valence-corrected chi connectivity index (χ3v) is 3.43. The van der Waals surface area contributed by atoms with E-state index in [1.807, 2.05) is 6.07 Å². The van der Waals surface area contributed by atoms with Crippen molar-refractivity contribution in [2.24, 2.45) is 5.41 Å². The third kappa shape index (κ3) is 2.44. The molecule has 1 aromatic heterocycles. The SMILES string of the molecule is Nc1cncc(NCC2(CO)CCCC2)c1. The largest absolute Gasteiger partial charge is 0.397 e. The normalized spacial score (nSPS) is 18.6. The van der Waals surface area contributed by atoms with Crippen molar-refractivity contribution in [2.45, 2.75) is 25.7 Å². The van der Waals surface area contributed by atoms with Gasteiger partial charge in [0.25, 0.3) is 0 Å². The van der Waals surface area contributed by atoms with E-state index in [0.29, 0.717) is 5.69 Å². The number of nitrogen functional groups attached to an aromatic ring is 1. The Morgan fingerprint density at radius 3 is 2.75 bits per heavy atom. The van der Waals surface area contributed by atoms with Crippen molar-refractivity contribution in [3.8, 4) is 0 Å². The van der Waals surface area contributed by atoms with Gasteiger partial charge in [0.2, 0.25) is 0 Å². The number of rotatable bonds is 4. The molecule has 0 aliphatic heterocycles. The zero-order valence-electron chi connectivity index (χ0n) is 9.45. The molecule has 0 spiro atoms. The highest BCUT2D eigenvalue weighted by atomic mass is 16.3. The summed E-state index contributed by atoms with van der Waals surface area (Å²) in [6, 6.07) is 1.87. The van der Waals surface area contributed by atoms with Crippen LogP contribution in [0.4, 0.5) is 11.4 Å². The van der Waals surface area contributed by atoms with Gasteiger partial charge in [0, 0.05) is 18.2 Å². The van der Waals surface area contributed by atoms with Crippen LogP contribution < -0.4 is 11.1 Å². The van der Waals surface area contributed by atoms with Gasteiger partial charge in [0.1, 0.15) is 0 Å². The summed E-state index contributed by atoms with van der Waals surface area (Å²) < 4.78 is 0. The zero-order valence-corrected chi connectivity index (χ0v) is 9.45. The Balaban J connectivity index is 1.95. The van der Waals surface area contributed by atoms with Crippen LogP contribution in [0.15, 0.2) is 18.5 Å². The zero-order chi connectivity index (χ0) is 11.4. The van der Waals surface area contributed by atoms with Crippen molar-refractivity contribution >= 4 is 11.4 Å². The van der Waals surface area contributed by atoms with Crippen molar-refractivity contribution < 1.29 is 5.11 Å². The lowest BCUT2D eigenvalue weighted by molar-refractivity contribution is 0.142. The van der Waals surface area contributed by atoms with Gasteiger partial charge in [-0.25, -0.2) is 0 Å². The average Bonchev–Trinajstić information content (AvgIpc) is 2.76. The quantitative estimate of drug-likeness (QED) is 0.722. The lowest BCUT2D eigenvalue weighted by Gasteiger charge is -2.27. The van der Waals surface area contributed by atoms with Gasteiger partial charge in [0.05, 0.1) is 24.2 Å². The molecule has 0 aromatic carbocycles. The number of hydrogen-bond donors (Lipinski definition) is 3. The lowest BCUT2D eigenvalue weighted by Crippen LogP contribution is -2.30. The minimum Gasteiger partial charge on any atom is -0.397 e. The van der Waals surface area contributed by atoms with Crippen LogP contribution in [0, 0.1) is 5.41 Å². The predicted molar refractivity (Wildman–Crippen MR) is 65.1 cm³/mol. The fourth-order valence-electron chi connectivity index (χ4n) is 2.36. The fraction of sp³-hybridized carbons (Fsp3) is 0.583. The highest BCUT2D eigenvalue weighted by Gasteiger charge is 2.32. The number of anilines is 2. The number of hydrogen-bond acceptors (Lipinski definition) is 4. The first-order valence-electron chi connectivity index (χ1n) is 5.79. The molecule has 0 saturated heterocycles. The highest BCUT2D eigenvalue weighted by Crippen LogP contribution is 2.37. The van der Waals surface area contributed by atoms with Crippen molar-refractivity contribution in [1.29, 1.82) is 0 Å². The summed E-state index contributed by atoms with van der Waals surface area (Å²) in [5, 5.41) is 12.8. The topological polar surface area (TPSA) is 71.2 Å². The van der Waals surface area contributed by atoms with Crippen LogP contribution >= 0.6 is 0 Å². The van der Waals surface area contributed by atoms with Crippen LogP contribution in [0.3, 0.4) is 0 Å². The molecule has 0 amide bonds. The fourth-order valence-corrected chi connectivity index (χ4v) is 2.36. The summed E-state index contributed by atoms with van der Waals surface area (Å²) >= 11 is 0. The molecular formula is C12H19N3O.